The molecule has 170 valence electrons. The van der Waals surface area contributed by atoms with Crippen molar-refractivity contribution in [2.45, 2.75) is 25.1 Å². The zero-order valence-corrected chi connectivity index (χ0v) is 17.3. The maximum absolute atomic E-state index is 12.9. The van der Waals surface area contributed by atoms with Crippen molar-refractivity contribution in [1.82, 2.24) is 10.2 Å². The summed E-state index contributed by atoms with van der Waals surface area (Å²) >= 11 is 0. The van der Waals surface area contributed by atoms with Gasteiger partial charge in [0.1, 0.15) is 0 Å². The van der Waals surface area contributed by atoms with Gasteiger partial charge in [0.05, 0.1) is 18.2 Å². The smallest absolute Gasteiger partial charge is 0.358 e. The Labute approximate surface area is 183 Å². The Kier molecular flexibility index (Phi) is 7.14. The first-order valence-electron chi connectivity index (χ1n) is 10.0. The minimum Gasteiger partial charge on any atom is -0.358 e. The van der Waals surface area contributed by atoms with Crippen LogP contribution in [0, 0.1) is 0 Å². The topological polar surface area (TPSA) is 90.5 Å². The standard InChI is InChI=1S/C22H23F3N4O3/c1-26-21(32)18-9-4-10-29(18)13-19(30)27-16-7-2-5-14(11-16)20(31)28-17-8-3-6-15(12-17)22(23,24)25/h2-3,5-8,11-12,18H,4,9-10,13H2,1H3,(H,26,32)(H,27,30)(H,28,31). The number of rotatable bonds is 6. The fraction of sp³-hybridized carbons (Fsp3) is 0.318. The molecule has 2 aromatic rings. The number of halogens is 3. The van der Waals surface area contributed by atoms with E-state index >= 15 is 0 Å². The molecule has 1 heterocycles. The molecule has 2 aromatic carbocycles. The lowest BCUT2D eigenvalue weighted by molar-refractivity contribution is -0.137. The van der Waals surface area contributed by atoms with E-state index in [-0.39, 0.29) is 35.7 Å². The molecule has 0 bridgehead atoms. The molecule has 0 radical (unpaired) electrons. The number of likely N-dealkylation sites (N-methyl/N-ethyl adjacent to an activating group) is 1. The third kappa shape index (κ3) is 5.85. The number of amides is 3. The van der Waals surface area contributed by atoms with E-state index in [1.165, 1.54) is 24.3 Å². The Balaban J connectivity index is 1.63. The van der Waals surface area contributed by atoms with Crippen LogP contribution in [0.4, 0.5) is 24.5 Å². The van der Waals surface area contributed by atoms with E-state index < -0.39 is 17.6 Å². The zero-order valence-electron chi connectivity index (χ0n) is 17.3. The molecule has 1 aliphatic rings. The minimum atomic E-state index is -4.52. The monoisotopic (exact) mass is 448 g/mol. The summed E-state index contributed by atoms with van der Waals surface area (Å²) in [6, 6.07) is 10.1. The average molecular weight is 448 g/mol. The van der Waals surface area contributed by atoms with Gasteiger partial charge in [-0.3, -0.25) is 19.3 Å². The van der Waals surface area contributed by atoms with Crippen LogP contribution < -0.4 is 16.0 Å². The van der Waals surface area contributed by atoms with E-state index in [0.717, 1.165) is 18.6 Å². The van der Waals surface area contributed by atoms with E-state index in [0.29, 0.717) is 18.7 Å². The van der Waals surface area contributed by atoms with Gasteiger partial charge in [0, 0.05) is 24.0 Å². The van der Waals surface area contributed by atoms with Crippen molar-refractivity contribution in [2.75, 3.05) is 30.8 Å². The summed E-state index contributed by atoms with van der Waals surface area (Å²) in [6.45, 7) is 0.656. The van der Waals surface area contributed by atoms with Crippen molar-refractivity contribution in [3.05, 3.63) is 59.7 Å². The molecule has 3 amide bonds. The first kappa shape index (κ1) is 23.3. The Morgan fingerprint density at radius 1 is 1.03 bits per heavy atom. The average Bonchev–Trinajstić information content (AvgIpc) is 3.20. The number of carbonyl (C=O) groups excluding carboxylic acids is 3. The second kappa shape index (κ2) is 9.82. The van der Waals surface area contributed by atoms with Crippen LogP contribution in [0.15, 0.2) is 48.5 Å². The number of likely N-dealkylation sites (tertiary alicyclic amines) is 1. The number of nitrogens with one attached hydrogen (secondary N) is 3. The maximum atomic E-state index is 12.9. The van der Waals surface area contributed by atoms with Gasteiger partial charge in [-0.2, -0.15) is 13.2 Å². The maximum Gasteiger partial charge on any atom is 0.416 e. The van der Waals surface area contributed by atoms with Gasteiger partial charge in [0.25, 0.3) is 5.91 Å². The van der Waals surface area contributed by atoms with Crippen molar-refractivity contribution < 1.29 is 27.6 Å². The fourth-order valence-electron chi connectivity index (χ4n) is 3.58. The molecular formula is C22H23F3N4O3. The van der Waals surface area contributed by atoms with Gasteiger partial charge < -0.3 is 16.0 Å². The van der Waals surface area contributed by atoms with Gasteiger partial charge in [0.2, 0.25) is 11.8 Å². The summed E-state index contributed by atoms with van der Waals surface area (Å²) in [5.74, 6) is -1.08. The van der Waals surface area contributed by atoms with Crippen LogP contribution in [0.1, 0.15) is 28.8 Å². The van der Waals surface area contributed by atoms with Gasteiger partial charge >= 0.3 is 6.18 Å². The number of carbonyl (C=O) groups is 3. The summed E-state index contributed by atoms with van der Waals surface area (Å²) in [5, 5.41) is 7.72. The Morgan fingerprint density at radius 2 is 1.72 bits per heavy atom. The third-order valence-corrected chi connectivity index (χ3v) is 5.12. The molecule has 0 aliphatic carbocycles. The van der Waals surface area contributed by atoms with Crippen molar-refractivity contribution in [2.24, 2.45) is 0 Å². The number of hydrogen-bond acceptors (Lipinski definition) is 4. The number of hydrogen-bond donors (Lipinski definition) is 3. The highest BCUT2D eigenvalue weighted by molar-refractivity contribution is 6.05. The Hall–Kier alpha value is -3.40. The van der Waals surface area contributed by atoms with Crippen molar-refractivity contribution in [3.63, 3.8) is 0 Å². The molecule has 0 aromatic heterocycles. The fourth-order valence-corrected chi connectivity index (χ4v) is 3.58. The Morgan fingerprint density at radius 3 is 2.41 bits per heavy atom. The lowest BCUT2D eigenvalue weighted by Gasteiger charge is -2.22. The van der Waals surface area contributed by atoms with Crippen LogP contribution in [0.25, 0.3) is 0 Å². The third-order valence-electron chi connectivity index (χ3n) is 5.12. The van der Waals surface area contributed by atoms with Crippen LogP contribution in [-0.2, 0) is 15.8 Å². The summed E-state index contributed by atoms with van der Waals surface area (Å²) < 4.78 is 38.6. The summed E-state index contributed by atoms with van der Waals surface area (Å²) in [7, 11) is 1.55. The summed E-state index contributed by atoms with van der Waals surface area (Å²) in [4.78, 5) is 38.6. The quantitative estimate of drug-likeness (QED) is 0.634. The van der Waals surface area contributed by atoms with Gasteiger partial charge in [-0.05, 0) is 55.8 Å². The predicted molar refractivity (Wildman–Crippen MR) is 113 cm³/mol. The number of alkyl halides is 3. The van der Waals surface area contributed by atoms with E-state index in [1.807, 2.05) is 0 Å². The highest BCUT2D eigenvalue weighted by Crippen LogP contribution is 2.30. The van der Waals surface area contributed by atoms with E-state index in [9.17, 15) is 27.6 Å². The van der Waals surface area contributed by atoms with Crippen LogP contribution >= 0.6 is 0 Å². The van der Waals surface area contributed by atoms with Crippen LogP contribution in [-0.4, -0.2) is 48.8 Å². The van der Waals surface area contributed by atoms with E-state index in [2.05, 4.69) is 16.0 Å². The van der Waals surface area contributed by atoms with E-state index in [4.69, 9.17) is 0 Å². The second-order valence-corrected chi connectivity index (χ2v) is 7.40. The molecule has 1 saturated heterocycles. The van der Waals surface area contributed by atoms with E-state index in [1.54, 1.807) is 24.1 Å². The van der Waals surface area contributed by atoms with Gasteiger partial charge in [-0.15, -0.1) is 0 Å². The summed E-state index contributed by atoms with van der Waals surface area (Å²) in [6.07, 6.45) is -3.02. The van der Waals surface area contributed by atoms with Gasteiger partial charge in [0.15, 0.2) is 0 Å². The largest absolute Gasteiger partial charge is 0.416 e. The zero-order chi connectivity index (χ0) is 23.3. The molecule has 1 aliphatic heterocycles. The SMILES string of the molecule is CNC(=O)C1CCCN1CC(=O)Nc1cccc(C(=O)Nc2cccc(C(F)(F)F)c2)c1. The van der Waals surface area contributed by atoms with Crippen molar-refractivity contribution >= 4 is 29.1 Å². The number of benzene rings is 2. The molecule has 32 heavy (non-hydrogen) atoms. The first-order chi connectivity index (χ1) is 15.2. The molecule has 10 heteroatoms. The highest BCUT2D eigenvalue weighted by atomic mass is 19.4. The van der Waals surface area contributed by atoms with Crippen LogP contribution in [0.2, 0.25) is 0 Å². The number of nitrogens with zero attached hydrogens (tertiary/aromatic N) is 1. The molecule has 0 saturated carbocycles. The predicted octanol–water partition coefficient (Wildman–Crippen LogP) is 3.11. The number of anilines is 2. The molecule has 1 fully saturated rings. The normalized spacial score (nSPS) is 16.4. The molecular weight excluding hydrogens is 425 g/mol. The molecule has 3 rings (SSSR count). The Bertz CT molecular complexity index is 1010. The molecule has 1 unspecified atom stereocenters. The van der Waals surface area contributed by atoms with Crippen molar-refractivity contribution in [3.8, 4) is 0 Å². The first-order valence-corrected chi connectivity index (χ1v) is 10.0. The lowest BCUT2D eigenvalue weighted by Crippen LogP contribution is -2.45. The van der Waals surface area contributed by atoms with Crippen molar-refractivity contribution in [1.29, 1.82) is 0 Å². The van der Waals surface area contributed by atoms with Crippen LogP contribution in [0.5, 0.6) is 0 Å². The molecule has 0 spiro atoms. The molecule has 3 N–H and O–H groups in total. The second-order valence-electron chi connectivity index (χ2n) is 7.40. The minimum absolute atomic E-state index is 0.00791. The van der Waals surface area contributed by atoms with Gasteiger partial charge in [-0.1, -0.05) is 12.1 Å². The van der Waals surface area contributed by atoms with Crippen LogP contribution in [0.3, 0.4) is 0 Å². The summed E-state index contributed by atoms with van der Waals surface area (Å²) in [5.41, 5.74) is -0.325. The lowest BCUT2D eigenvalue weighted by atomic mass is 10.1. The highest BCUT2D eigenvalue weighted by Gasteiger charge is 2.31. The molecule has 7 nitrogen and oxygen atoms in total. The molecule has 1 atom stereocenters. The van der Waals surface area contributed by atoms with Gasteiger partial charge in [-0.25, -0.2) is 0 Å².